The zero-order valence-corrected chi connectivity index (χ0v) is 16.7. The van der Waals surface area contributed by atoms with E-state index in [1.165, 1.54) is 14.2 Å². The average molecular weight is 391 g/mol. The van der Waals surface area contributed by atoms with Crippen molar-refractivity contribution >= 4 is 11.9 Å². The van der Waals surface area contributed by atoms with Gasteiger partial charge in [-0.15, -0.1) is 0 Å². The summed E-state index contributed by atoms with van der Waals surface area (Å²) in [6.45, 7) is 0. The molecule has 1 aromatic rings. The largest absolute Gasteiger partial charge is 0.497 e. The lowest BCUT2D eigenvalue weighted by atomic mass is 9.69. The Hall–Kier alpha value is -2.12. The number of fused-ring (bicyclic) bond motifs is 1. The number of nitrogens with one attached hydrogen (secondary N) is 1. The van der Waals surface area contributed by atoms with Crippen LogP contribution in [0.3, 0.4) is 0 Å². The lowest BCUT2D eigenvalue weighted by Crippen LogP contribution is -2.53. The van der Waals surface area contributed by atoms with Crippen LogP contribution in [-0.4, -0.2) is 45.4 Å². The van der Waals surface area contributed by atoms with Gasteiger partial charge in [0, 0.05) is 12.0 Å². The number of methoxy groups -OCH3 is 3. The van der Waals surface area contributed by atoms with E-state index >= 15 is 0 Å². The summed E-state index contributed by atoms with van der Waals surface area (Å²) >= 11 is 0. The van der Waals surface area contributed by atoms with E-state index in [0.717, 1.165) is 37.0 Å². The van der Waals surface area contributed by atoms with E-state index in [-0.39, 0.29) is 24.5 Å². The quantitative estimate of drug-likeness (QED) is 0.589. The molecule has 3 rings (SSSR count). The van der Waals surface area contributed by atoms with Crippen LogP contribution in [0, 0.1) is 11.8 Å². The number of ether oxygens (including phenoxy) is 3. The molecular formula is C21H29NO6. The zero-order chi connectivity index (χ0) is 20.1. The highest BCUT2D eigenvalue weighted by molar-refractivity contribution is 5.94. The van der Waals surface area contributed by atoms with E-state index in [1.807, 2.05) is 12.1 Å². The summed E-state index contributed by atoms with van der Waals surface area (Å²) < 4.78 is 14.9. The minimum absolute atomic E-state index is 0.113. The monoisotopic (exact) mass is 391 g/mol. The highest BCUT2D eigenvalue weighted by Crippen LogP contribution is 2.44. The number of benzene rings is 1. The molecule has 4 atom stereocenters. The van der Waals surface area contributed by atoms with Gasteiger partial charge >= 0.3 is 11.9 Å². The molecule has 2 fully saturated rings. The average Bonchev–Trinajstić information content (AvgIpc) is 2.76. The van der Waals surface area contributed by atoms with Crippen molar-refractivity contribution in [2.45, 2.75) is 50.2 Å². The summed E-state index contributed by atoms with van der Waals surface area (Å²) in [7, 11) is 4.20. The molecule has 1 N–H and O–H groups in total. The molecule has 1 aromatic carbocycles. The molecule has 0 unspecified atom stereocenters. The Balaban J connectivity index is 1.89. The maximum atomic E-state index is 12.2. The van der Waals surface area contributed by atoms with Gasteiger partial charge < -0.3 is 14.2 Å². The predicted octanol–water partition coefficient (Wildman–Crippen LogP) is 2.59. The number of hydroxylamine groups is 1. The number of carbonyl (C=O) groups excluding carboxylic acids is 2. The summed E-state index contributed by atoms with van der Waals surface area (Å²) in [5.41, 5.74) is 4.28. The molecule has 154 valence electrons. The minimum Gasteiger partial charge on any atom is -0.497 e. The van der Waals surface area contributed by atoms with Crippen LogP contribution in [0.2, 0.25) is 0 Å². The summed E-state index contributed by atoms with van der Waals surface area (Å²) in [6, 6.07) is 7.78. The number of carbonyl (C=O) groups is 2. The van der Waals surface area contributed by atoms with Crippen LogP contribution < -0.4 is 10.2 Å². The van der Waals surface area contributed by atoms with Crippen LogP contribution in [0.1, 0.15) is 43.6 Å². The number of rotatable bonds is 6. The van der Waals surface area contributed by atoms with Gasteiger partial charge in [-0.05, 0) is 42.9 Å². The molecule has 0 spiro atoms. The number of esters is 2. The SMILES string of the molecule is COC(=O)C(C[C@@H]1NO[C@@H]2CCCC[C@@H]2[C@H]1c1ccc(OC)cc1)C(=O)OC. The van der Waals surface area contributed by atoms with Gasteiger partial charge in [-0.3, -0.25) is 14.4 Å². The fraction of sp³-hybridized carbons (Fsp3) is 0.619. The molecular weight excluding hydrogens is 362 g/mol. The highest BCUT2D eigenvalue weighted by atomic mass is 16.7. The van der Waals surface area contributed by atoms with Gasteiger partial charge in [0.05, 0.1) is 27.4 Å². The van der Waals surface area contributed by atoms with Gasteiger partial charge in [-0.1, -0.05) is 25.0 Å². The van der Waals surface area contributed by atoms with Crippen LogP contribution in [0.25, 0.3) is 0 Å². The predicted molar refractivity (Wildman–Crippen MR) is 102 cm³/mol. The highest BCUT2D eigenvalue weighted by Gasteiger charge is 2.45. The van der Waals surface area contributed by atoms with E-state index in [4.69, 9.17) is 19.0 Å². The molecule has 7 heteroatoms. The van der Waals surface area contributed by atoms with Crippen LogP contribution in [0.4, 0.5) is 0 Å². The van der Waals surface area contributed by atoms with Gasteiger partial charge in [0.15, 0.2) is 5.92 Å². The minimum atomic E-state index is -0.989. The Morgan fingerprint density at radius 1 is 1.07 bits per heavy atom. The molecule has 0 bridgehead atoms. The Morgan fingerprint density at radius 3 is 2.32 bits per heavy atom. The molecule has 0 radical (unpaired) electrons. The first-order valence-electron chi connectivity index (χ1n) is 9.79. The van der Waals surface area contributed by atoms with Crippen LogP contribution in [0.15, 0.2) is 24.3 Å². The second kappa shape index (κ2) is 9.39. The molecule has 1 aliphatic carbocycles. The summed E-state index contributed by atoms with van der Waals surface area (Å²) in [5.74, 6) is -0.939. The van der Waals surface area contributed by atoms with Gasteiger partial charge in [0.1, 0.15) is 5.75 Å². The van der Waals surface area contributed by atoms with Gasteiger partial charge in [0.25, 0.3) is 0 Å². The van der Waals surface area contributed by atoms with Gasteiger partial charge in [0.2, 0.25) is 0 Å². The normalized spacial score (nSPS) is 27.0. The fourth-order valence-corrected chi connectivity index (χ4v) is 4.56. The second-order valence-electron chi connectivity index (χ2n) is 7.46. The maximum Gasteiger partial charge on any atom is 0.320 e. The van der Waals surface area contributed by atoms with Crippen LogP contribution in [-0.2, 0) is 23.9 Å². The molecule has 1 saturated heterocycles. The van der Waals surface area contributed by atoms with Crippen molar-refractivity contribution in [1.29, 1.82) is 0 Å². The summed E-state index contributed by atoms with van der Waals surface area (Å²) in [5, 5.41) is 0. The molecule has 0 aromatic heterocycles. The summed E-state index contributed by atoms with van der Waals surface area (Å²) in [6.07, 6.45) is 4.75. The molecule has 0 amide bonds. The van der Waals surface area contributed by atoms with Crippen LogP contribution >= 0.6 is 0 Å². The van der Waals surface area contributed by atoms with Crippen LogP contribution in [0.5, 0.6) is 5.75 Å². The van der Waals surface area contributed by atoms with Gasteiger partial charge in [-0.25, -0.2) is 0 Å². The topological polar surface area (TPSA) is 83.1 Å². The van der Waals surface area contributed by atoms with Crippen molar-refractivity contribution in [3.05, 3.63) is 29.8 Å². The first kappa shape index (κ1) is 20.6. The maximum absolute atomic E-state index is 12.2. The Labute approximate surface area is 165 Å². The molecule has 1 heterocycles. The lowest BCUT2D eigenvalue weighted by molar-refractivity contribution is -0.164. The third kappa shape index (κ3) is 4.31. The van der Waals surface area contributed by atoms with Crippen molar-refractivity contribution < 1.29 is 28.6 Å². The van der Waals surface area contributed by atoms with Crippen molar-refractivity contribution in [3.8, 4) is 5.75 Å². The molecule has 7 nitrogen and oxygen atoms in total. The molecule has 2 aliphatic rings. The van der Waals surface area contributed by atoms with Gasteiger partial charge in [-0.2, -0.15) is 5.48 Å². The summed E-state index contributed by atoms with van der Waals surface area (Å²) in [4.78, 5) is 30.3. The molecule has 1 aliphatic heterocycles. The number of hydrogen-bond donors (Lipinski definition) is 1. The van der Waals surface area contributed by atoms with Crippen molar-refractivity contribution in [2.75, 3.05) is 21.3 Å². The molecule has 1 saturated carbocycles. The van der Waals surface area contributed by atoms with Crippen molar-refractivity contribution in [1.82, 2.24) is 5.48 Å². The molecule has 28 heavy (non-hydrogen) atoms. The Morgan fingerprint density at radius 2 is 1.71 bits per heavy atom. The van der Waals surface area contributed by atoms with E-state index in [0.29, 0.717) is 5.92 Å². The van der Waals surface area contributed by atoms with E-state index in [1.54, 1.807) is 7.11 Å². The third-order valence-corrected chi connectivity index (χ3v) is 5.98. The first-order chi connectivity index (χ1) is 13.6. The Kier molecular flexibility index (Phi) is 6.91. The van der Waals surface area contributed by atoms with Crippen molar-refractivity contribution in [3.63, 3.8) is 0 Å². The Bertz CT molecular complexity index is 660. The third-order valence-electron chi connectivity index (χ3n) is 5.98. The second-order valence-corrected chi connectivity index (χ2v) is 7.46. The zero-order valence-electron chi connectivity index (χ0n) is 16.7. The smallest absolute Gasteiger partial charge is 0.320 e. The first-order valence-corrected chi connectivity index (χ1v) is 9.79. The van der Waals surface area contributed by atoms with E-state index in [2.05, 4.69) is 17.6 Å². The lowest BCUT2D eigenvalue weighted by Gasteiger charge is -2.46. The van der Waals surface area contributed by atoms with Crippen molar-refractivity contribution in [2.24, 2.45) is 11.8 Å². The van der Waals surface area contributed by atoms with E-state index in [9.17, 15) is 9.59 Å². The van der Waals surface area contributed by atoms with E-state index < -0.39 is 17.9 Å². The standard InChI is InChI=1S/C21H29NO6/c1-25-14-10-8-13(9-11-14)19-15-6-4-5-7-18(15)28-22-17(19)12-16(20(23)26-2)21(24)27-3/h8-11,15-19,22H,4-7,12H2,1-3H3/t15-,17-,18+,19+/m0/s1. The number of hydrogen-bond acceptors (Lipinski definition) is 7. The fourth-order valence-electron chi connectivity index (χ4n) is 4.56.